The van der Waals surface area contributed by atoms with E-state index >= 15 is 0 Å². The summed E-state index contributed by atoms with van der Waals surface area (Å²) in [6.07, 6.45) is 0. The summed E-state index contributed by atoms with van der Waals surface area (Å²) in [6.45, 7) is 7.19. The Morgan fingerprint density at radius 3 is 1.83 bits per heavy atom. The molecule has 206 valence electrons. The van der Waals surface area contributed by atoms with Crippen LogP contribution in [0.3, 0.4) is 0 Å². The molecule has 0 N–H and O–H groups in total. The molecule has 4 aromatic carbocycles. The van der Waals surface area contributed by atoms with Gasteiger partial charge in [-0.15, -0.1) is 0 Å². The molecule has 1 fully saturated rings. The average Bonchev–Trinajstić information content (AvgIpc) is 3.41. The first-order valence-electron chi connectivity index (χ1n) is 14.0. The number of benzene rings is 4. The summed E-state index contributed by atoms with van der Waals surface area (Å²) in [5.74, 6) is 0.169. The Labute approximate surface area is 243 Å². The van der Waals surface area contributed by atoms with Gasteiger partial charge in [-0.3, -0.25) is 9.59 Å². The van der Waals surface area contributed by atoms with E-state index in [0.29, 0.717) is 11.6 Å². The molecule has 0 saturated carbocycles. The summed E-state index contributed by atoms with van der Waals surface area (Å²) in [4.78, 5) is 43.0. The van der Waals surface area contributed by atoms with Crippen molar-refractivity contribution in [2.75, 3.05) is 4.90 Å². The second-order valence-electron chi connectivity index (χ2n) is 11.7. The molecular formula is C35H29N5O2. The third-order valence-electron chi connectivity index (χ3n) is 8.85. The summed E-state index contributed by atoms with van der Waals surface area (Å²) in [5.41, 5.74) is 2.80. The van der Waals surface area contributed by atoms with Crippen LogP contribution in [0.4, 0.5) is 5.95 Å². The van der Waals surface area contributed by atoms with Crippen LogP contribution in [0, 0.1) is 10.8 Å². The fourth-order valence-electron chi connectivity index (χ4n) is 5.73. The summed E-state index contributed by atoms with van der Waals surface area (Å²) in [6, 6.07) is 34.1. The summed E-state index contributed by atoms with van der Waals surface area (Å²) >= 11 is 0. The predicted molar refractivity (Wildman–Crippen MR) is 165 cm³/mol. The highest BCUT2D eigenvalue weighted by Crippen LogP contribution is 2.48. The number of aromatic nitrogens is 4. The molecule has 0 spiro atoms. The van der Waals surface area contributed by atoms with E-state index in [1.807, 2.05) is 72.8 Å². The van der Waals surface area contributed by atoms with Crippen molar-refractivity contribution in [3.05, 3.63) is 103 Å². The molecule has 7 heteroatoms. The zero-order valence-electron chi connectivity index (χ0n) is 23.9. The summed E-state index contributed by atoms with van der Waals surface area (Å²) in [5, 5.41) is 2.03. The van der Waals surface area contributed by atoms with E-state index in [0.717, 1.165) is 43.5 Å². The number of nitrogens with zero attached hydrogens (tertiary/aromatic N) is 5. The third-order valence-corrected chi connectivity index (χ3v) is 8.85. The highest BCUT2D eigenvalue weighted by atomic mass is 16.2. The van der Waals surface area contributed by atoms with Crippen molar-refractivity contribution in [3.8, 4) is 28.5 Å². The van der Waals surface area contributed by atoms with Crippen LogP contribution in [0.15, 0.2) is 103 Å². The minimum absolute atomic E-state index is 0.0382. The number of imide groups is 1. The Morgan fingerprint density at radius 1 is 0.571 bits per heavy atom. The SMILES string of the molecule is CC1(C)C(=O)N(c2nc(-c3ccccc3)nc(-c3cccc4c3c3ccccc3n4-c3ccccc3)n2)C(=O)C1(C)C. The molecule has 42 heavy (non-hydrogen) atoms. The average molecular weight is 552 g/mol. The number of hydrogen-bond acceptors (Lipinski definition) is 5. The molecule has 0 unspecified atom stereocenters. The van der Waals surface area contributed by atoms with E-state index in [4.69, 9.17) is 15.0 Å². The first kappa shape index (κ1) is 25.8. The van der Waals surface area contributed by atoms with Gasteiger partial charge < -0.3 is 4.57 Å². The number of para-hydroxylation sites is 2. The van der Waals surface area contributed by atoms with Gasteiger partial charge >= 0.3 is 0 Å². The van der Waals surface area contributed by atoms with Gasteiger partial charge in [0.15, 0.2) is 11.6 Å². The molecule has 1 aliphatic rings. The molecule has 3 heterocycles. The second-order valence-corrected chi connectivity index (χ2v) is 11.7. The van der Waals surface area contributed by atoms with Gasteiger partial charge in [-0.1, -0.05) is 78.9 Å². The van der Waals surface area contributed by atoms with E-state index in [1.165, 1.54) is 0 Å². The van der Waals surface area contributed by atoms with Crippen LogP contribution in [0.2, 0.25) is 0 Å². The molecule has 7 rings (SSSR count). The maximum atomic E-state index is 13.7. The standard InChI is InChI=1S/C35H29N5O2/c1-34(2)31(41)40(32(42)35(34,3)4)33-37-29(22-14-7-5-8-15-22)36-30(38-33)25-19-13-21-27-28(25)24-18-11-12-20-26(24)39(27)23-16-9-6-10-17-23/h5-21H,1-4H3. The van der Waals surface area contributed by atoms with Crippen LogP contribution in [0.5, 0.6) is 0 Å². The molecule has 0 atom stereocenters. The smallest absolute Gasteiger partial charge is 0.243 e. The molecule has 0 aliphatic carbocycles. The molecule has 1 aliphatic heterocycles. The highest BCUT2D eigenvalue weighted by Gasteiger charge is 2.60. The molecule has 0 radical (unpaired) electrons. The third kappa shape index (κ3) is 3.63. The largest absolute Gasteiger partial charge is 0.309 e. The fourth-order valence-corrected chi connectivity index (χ4v) is 5.73. The predicted octanol–water partition coefficient (Wildman–Crippen LogP) is 7.23. The zero-order valence-corrected chi connectivity index (χ0v) is 23.9. The highest BCUT2D eigenvalue weighted by molar-refractivity contribution is 6.24. The summed E-state index contributed by atoms with van der Waals surface area (Å²) < 4.78 is 2.23. The number of carbonyl (C=O) groups is 2. The number of fused-ring (bicyclic) bond motifs is 3. The zero-order chi connectivity index (χ0) is 29.2. The van der Waals surface area contributed by atoms with Crippen LogP contribution >= 0.6 is 0 Å². The van der Waals surface area contributed by atoms with Crippen LogP contribution in [0.1, 0.15) is 27.7 Å². The van der Waals surface area contributed by atoms with Gasteiger partial charge in [0.1, 0.15) is 0 Å². The maximum Gasteiger partial charge on any atom is 0.243 e. The number of anilines is 1. The summed E-state index contributed by atoms with van der Waals surface area (Å²) in [7, 11) is 0. The van der Waals surface area contributed by atoms with E-state index in [1.54, 1.807) is 27.7 Å². The Kier molecular flexibility index (Phi) is 5.63. The van der Waals surface area contributed by atoms with Crippen LogP contribution < -0.4 is 4.90 Å². The lowest BCUT2D eigenvalue weighted by atomic mass is 9.70. The van der Waals surface area contributed by atoms with E-state index in [-0.39, 0.29) is 17.8 Å². The normalized spacial score (nSPS) is 16.0. The quantitative estimate of drug-likeness (QED) is 0.216. The van der Waals surface area contributed by atoms with Crippen molar-refractivity contribution in [1.29, 1.82) is 0 Å². The van der Waals surface area contributed by atoms with Crippen molar-refractivity contribution >= 4 is 39.6 Å². The van der Waals surface area contributed by atoms with Gasteiger partial charge in [0.05, 0.1) is 21.9 Å². The van der Waals surface area contributed by atoms with Crippen molar-refractivity contribution in [2.45, 2.75) is 27.7 Å². The second kappa shape index (κ2) is 9.17. The molecule has 2 amide bonds. The van der Waals surface area contributed by atoms with Crippen molar-refractivity contribution in [3.63, 3.8) is 0 Å². The first-order valence-corrected chi connectivity index (χ1v) is 14.0. The molecule has 0 bridgehead atoms. The molecule has 1 saturated heterocycles. The van der Waals surface area contributed by atoms with Crippen LogP contribution in [-0.2, 0) is 9.59 Å². The maximum absolute atomic E-state index is 13.7. The lowest BCUT2D eigenvalue weighted by Crippen LogP contribution is -2.35. The minimum atomic E-state index is -0.924. The Morgan fingerprint density at radius 2 is 1.14 bits per heavy atom. The van der Waals surface area contributed by atoms with Crippen LogP contribution in [-0.4, -0.2) is 31.3 Å². The lowest BCUT2D eigenvalue weighted by molar-refractivity contribution is -0.129. The van der Waals surface area contributed by atoms with Gasteiger partial charge in [-0.2, -0.15) is 9.97 Å². The fraction of sp³-hybridized carbons (Fsp3) is 0.171. The van der Waals surface area contributed by atoms with Gasteiger partial charge in [-0.25, -0.2) is 9.88 Å². The Balaban J connectivity index is 1.53. The topological polar surface area (TPSA) is 81.0 Å². The molecule has 7 nitrogen and oxygen atoms in total. The Hall–Kier alpha value is -5.17. The number of hydrogen-bond donors (Lipinski definition) is 0. The number of amides is 2. The van der Waals surface area contributed by atoms with Crippen LogP contribution in [0.25, 0.3) is 50.3 Å². The molecule has 6 aromatic rings. The lowest BCUT2D eigenvalue weighted by Gasteiger charge is -2.28. The van der Waals surface area contributed by atoms with Crippen molar-refractivity contribution < 1.29 is 9.59 Å². The van der Waals surface area contributed by atoms with Crippen molar-refractivity contribution in [2.24, 2.45) is 10.8 Å². The molecular weight excluding hydrogens is 522 g/mol. The minimum Gasteiger partial charge on any atom is -0.309 e. The van der Waals surface area contributed by atoms with E-state index in [2.05, 4.69) is 34.9 Å². The Bertz CT molecular complexity index is 2000. The molecule has 2 aromatic heterocycles. The van der Waals surface area contributed by atoms with Gasteiger partial charge in [0.25, 0.3) is 0 Å². The van der Waals surface area contributed by atoms with Gasteiger partial charge in [0.2, 0.25) is 17.8 Å². The van der Waals surface area contributed by atoms with Gasteiger partial charge in [-0.05, 0) is 52.0 Å². The monoisotopic (exact) mass is 551 g/mol. The van der Waals surface area contributed by atoms with E-state index < -0.39 is 10.8 Å². The van der Waals surface area contributed by atoms with Crippen molar-refractivity contribution in [1.82, 2.24) is 19.5 Å². The number of carbonyl (C=O) groups excluding carboxylic acids is 2. The van der Waals surface area contributed by atoms with E-state index in [9.17, 15) is 9.59 Å². The number of rotatable bonds is 4. The first-order chi connectivity index (χ1) is 20.2. The van der Waals surface area contributed by atoms with Gasteiger partial charge in [0, 0.05) is 27.6 Å².